The van der Waals surface area contributed by atoms with Crippen LogP contribution in [0.25, 0.3) is 0 Å². The van der Waals surface area contributed by atoms with E-state index in [0.29, 0.717) is 18.5 Å². The van der Waals surface area contributed by atoms with Gasteiger partial charge in [0.1, 0.15) is 0 Å². The highest BCUT2D eigenvalue weighted by atomic mass is 19.1. The molecule has 0 fully saturated rings. The van der Waals surface area contributed by atoms with Gasteiger partial charge in [0.15, 0.2) is 11.6 Å². The summed E-state index contributed by atoms with van der Waals surface area (Å²) in [4.78, 5) is 21.8. The minimum absolute atomic E-state index is 0.0461. The minimum atomic E-state index is -0.877. The molecule has 0 aliphatic heterocycles. The highest BCUT2D eigenvalue weighted by Crippen LogP contribution is 2.20. The monoisotopic (exact) mass is 269 g/mol. The lowest BCUT2D eigenvalue weighted by molar-refractivity contribution is -0.137. The van der Waals surface area contributed by atoms with E-state index in [4.69, 9.17) is 9.84 Å². The van der Waals surface area contributed by atoms with Gasteiger partial charge >= 0.3 is 5.97 Å². The van der Waals surface area contributed by atoms with Gasteiger partial charge in [0.25, 0.3) is 0 Å². The number of amides is 1. The van der Waals surface area contributed by atoms with E-state index in [-0.39, 0.29) is 24.5 Å². The highest BCUT2D eigenvalue weighted by Gasteiger charge is 2.07. The molecule has 0 atom stereocenters. The minimum Gasteiger partial charge on any atom is -0.494 e. The number of ether oxygens (including phenoxy) is 1. The van der Waals surface area contributed by atoms with Gasteiger partial charge in [-0.05, 0) is 25.0 Å². The molecule has 0 heterocycles. The summed E-state index contributed by atoms with van der Waals surface area (Å²) < 4.78 is 18.1. The van der Waals surface area contributed by atoms with Crippen molar-refractivity contribution in [2.75, 3.05) is 12.4 Å². The third kappa shape index (κ3) is 5.37. The molecular formula is C13H16FNO4. The van der Waals surface area contributed by atoms with Gasteiger partial charge in [-0.2, -0.15) is 0 Å². The van der Waals surface area contributed by atoms with Crippen molar-refractivity contribution in [3.05, 3.63) is 24.0 Å². The van der Waals surface area contributed by atoms with Crippen molar-refractivity contribution in [2.45, 2.75) is 25.7 Å². The number of carbonyl (C=O) groups is 2. The Balaban J connectivity index is 2.40. The second kappa shape index (κ2) is 7.35. The molecule has 1 amide bonds. The Kier molecular flexibility index (Phi) is 5.78. The van der Waals surface area contributed by atoms with E-state index in [1.165, 1.54) is 25.3 Å². The zero-order valence-corrected chi connectivity index (χ0v) is 10.6. The van der Waals surface area contributed by atoms with Gasteiger partial charge in [-0.1, -0.05) is 0 Å². The van der Waals surface area contributed by atoms with Crippen LogP contribution in [0.3, 0.4) is 0 Å². The third-order valence-electron chi connectivity index (χ3n) is 2.48. The number of carboxylic acids is 1. The SMILES string of the molecule is COc1ccc(NC(=O)CCCCC(=O)O)cc1F. The van der Waals surface area contributed by atoms with Crippen molar-refractivity contribution in [3.63, 3.8) is 0 Å². The number of hydrogen-bond donors (Lipinski definition) is 2. The lowest BCUT2D eigenvalue weighted by Crippen LogP contribution is -2.11. The number of benzene rings is 1. The number of rotatable bonds is 7. The first-order valence-corrected chi connectivity index (χ1v) is 5.88. The van der Waals surface area contributed by atoms with Crippen LogP contribution in [-0.2, 0) is 9.59 Å². The second-order valence-electron chi connectivity index (χ2n) is 4.00. The van der Waals surface area contributed by atoms with Crippen molar-refractivity contribution < 1.29 is 23.8 Å². The van der Waals surface area contributed by atoms with Gasteiger partial charge in [0.05, 0.1) is 7.11 Å². The zero-order chi connectivity index (χ0) is 14.3. The smallest absolute Gasteiger partial charge is 0.303 e. The molecule has 1 aromatic carbocycles. The van der Waals surface area contributed by atoms with Crippen molar-refractivity contribution >= 4 is 17.6 Å². The maximum Gasteiger partial charge on any atom is 0.303 e. The molecule has 104 valence electrons. The van der Waals surface area contributed by atoms with Gasteiger partial charge in [-0.3, -0.25) is 9.59 Å². The summed E-state index contributed by atoms with van der Waals surface area (Å²) in [6.45, 7) is 0. The fourth-order valence-electron chi connectivity index (χ4n) is 1.53. The van der Waals surface area contributed by atoms with Crippen LogP contribution in [0.15, 0.2) is 18.2 Å². The molecule has 0 bridgehead atoms. The van der Waals surface area contributed by atoms with E-state index in [2.05, 4.69) is 5.32 Å². The fourth-order valence-corrected chi connectivity index (χ4v) is 1.53. The van der Waals surface area contributed by atoms with Crippen molar-refractivity contribution in [3.8, 4) is 5.75 Å². The van der Waals surface area contributed by atoms with Crippen molar-refractivity contribution in [1.82, 2.24) is 0 Å². The van der Waals surface area contributed by atoms with Crippen LogP contribution in [0.2, 0.25) is 0 Å². The van der Waals surface area contributed by atoms with E-state index in [1.54, 1.807) is 0 Å². The molecule has 0 aliphatic rings. The number of methoxy groups -OCH3 is 1. The number of hydrogen-bond acceptors (Lipinski definition) is 3. The quantitative estimate of drug-likeness (QED) is 0.745. The van der Waals surface area contributed by atoms with Gasteiger partial charge in [0, 0.05) is 24.6 Å². The van der Waals surface area contributed by atoms with Gasteiger partial charge < -0.3 is 15.2 Å². The van der Waals surface area contributed by atoms with E-state index in [1.807, 2.05) is 0 Å². The summed E-state index contributed by atoms with van der Waals surface area (Å²) in [5, 5.41) is 11.0. The average Bonchev–Trinajstić information content (AvgIpc) is 2.35. The molecule has 0 saturated heterocycles. The Morgan fingerprint density at radius 3 is 2.58 bits per heavy atom. The van der Waals surface area contributed by atoms with Crippen LogP contribution in [0.4, 0.5) is 10.1 Å². The van der Waals surface area contributed by atoms with E-state index < -0.39 is 11.8 Å². The average molecular weight is 269 g/mol. The molecule has 0 spiro atoms. The number of carbonyl (C=O) groups excluding carboxylic acids is 1. The van der Waals surface area contributed by atoms with Crippen molar-refractivity contribution in [1.29, 1.82) is 0 Å². The largest absolute Gasteiger partial charge is 0.494 e. The van der Waals surface area contributed by atoms with Crippen LogP contribution in [0, 0.1) is 5.82 Å². The fraction of sp³-hybridized carbons (Fsp3) is 0.385. The molecule has 0 aliphatic carbocycles. The van der Waals surface area contributed by atoms with Gasteiger partial charge in [-0.15, -0.1) is 0 Å². The first-order valence-electron chi connectivity index (χ1n) is 5.88. The van der Waals surface area contributed by atoms with Crippen LogP contribution in [0.1, 0.15) is 25.7 Å². The first-order chi connectivity index (χ1) is 9.02. The van der Waals surface area contributed by atoms with E-state index >= 15 is 0 Å². The Morgan fingerprint density at radius 2 is 2.00 bits per heavy atom. The molecule has 5 nitrogen and oxygen atoms in total. The van der Waals surface area contributed by atoms with E-state index in [0.717, 1.165) is 0 Å². The molecule has 0 unspecified atom stereocenters. The van der Waals surface area contributed by atoms with Gasteiger partial charge in [-0.25, -0.2) is 4.39 Å². The summed E-state index contributed by atoms with van der Waals surface area (Å²) in [5.41, 5.74) is 0.349. The number of nitrogens with one attached hydrogen (secondary N) is 1. The standard InChI is InChI=1S/C13H16FNO4/c1-19-11-7-6-9(8-10(11)14)15-12(16)4-2-3-5-13(17)18/h6-8H,2-5H2,1H3,(H,15,16)(H,17,18). The summed E-state index contributed by atoms with van der Waals surface area (Å²) >= 11 is 0. The van der Waals surface area contributed by atoms with Gasteiger partial charge in [0.2, 0.25) is 5.91 Å². The number of anilines is 1. The summed E-state index contributed by atoms with van der Waals surface area (Å²) in [6.07, 6.45) is 1.18. The molecule has 6 heteroatoms. The number of aliphatic carboxylic acids is 1. The van der Waals surface area contributed by atoms with Crippen LogP contribution < -0.4 is 10.1 Å². The zero-order valence-electron chi connectivity index (χ0n) is 10.6. The maximum atomic E-state index is 13.4. The summed E-state index contributed by atoms with van der Waals surface area (Å²) in [6, 6.07) is 4.14. The Hall–Kier alpha value is -2.11. The summed E-state index contributed by atoms with van der Waals surface area (Å²) in [5.74, 6) is -1.58. The Labute approximate surface area is 110 Å². The lowest BCUT2D eigenvalue weighted by Gasteiger charge is -2.07. The number of carboxylic acid groups (broad SMARTS) is 1. The third-order valence-corrected chi connectivity index (χ3v) is 2.48. The number of halogens is 1. The molecule has 1 aromatic rings. The maximum absolute atomic E-state index is 13.4. The normalized spacial score (nSPS) is 10.0. The van der Waals surface area contributed by atoms with Crippen LogP contribution in [0.5, 0.6) is 5.75 Å². The molecule has 0 radical (unpaired) electrons. The number of unbranched alkanes of at least 4 members (excludes halogenated alkanes) is 1. The summed E-state index contributed by atoms with van der Waals surface area (Å²) in [7, 11) is 1.36. The molecule has 0 aromatic heterocycles. The Bertz CT molecular complexity index is 462. The van der Waals surface area contributed by atoms with Crippen LogP contribution >= 0.6 is 0 Å². The van der Waals surface area contributed by atoms with Crippen molar-refractivity contribution in [2.24, 2.45) is 0 Å². The second-order valence-corrected chi connectivity index (χ2v) is 4.00. The first kappa shape index (κ1) is 14.9. The predicted molar refractivity (Wildman–Crippen MR) is 67.7 cm³/mol. The van der Waals surface area contributed by atoms with Crippen LogP contribution in [-0.4, -0.2) is 24.1 Å². The molecule has 0 saturated carbocycles. The molecule has 19 heavy (non-hydrogen) atoms. The highest BCUT2D eigenvalue weighted by molar-refractivity contribution is 5.90. The predicted octanol–water partition coefficient (Wildman–Crippen LogP) is 2.42. The van der Waals surface area contributed by atoms with E-state index in [9.17, 15) is 14.0 Å². The topological polar surface area (TPSA) is 75.6 Å². The lowest BCUT2D eigenvalue weighted by atomic mass is 10.2. The Morgan fingerprint density at radius 1 is 1.32 bits per heavy atom. The molecule has 1 rings (SSSR count). The molecule has 2 N–H and O–H groups in total. The molecular weight excluding hydrogens is 253 g/mol.